The van der Waals surface area contributed by atoms with Crippen LogP contribution in [0.1, 0.15) is 22.8 Å². The zero-order valence-electron chi connectivity index (χ0n) is 12.2. The molecule has 0 bridgehead atoms. The molecule has 0 aliphatic carbocycles. The number of amides is 1. The van der Waals surface area contributed by atoms with Crippen LogP contribution in [0.5, 0.6) is 0 Å². The van der Waals surface area contributed by atoms with Crippen LogP contribution in [0.3, 0.4) is 0 Å². The number of nitrogens with two attached hydrogens (primary N) is 1. The minimum atomic E-state index is -0.612. The number of benzene rings is 1. The first-order valence-electron chi connectivity index (χ1n) is 6.84. The Morgan fingerprint density at radius 1 is 1.38 bits per heavy atom. The Morgan fingerprint density at radius 3 is 2.76 bits per heavy atom. The van der Waals surface area contributed by atoms with Crippen molar-refractivity contribution in [3.8, 4) is 0 Å². The van der Waals surface area contributed by atoms with Crippen molar-refractivity contribution in [1.82, 2.24) is 4.90 Å². The minimum absolute atomic E-state index is 0.0819. The molecule has 1 aromatic rings. The summed E-state index contributed by atoms with van der Waals surface area (Å²) in [7, 11) is 1.36. The van der Waals surface area contributed by atoms with Crippen molar-refractivity contribution in [2.45, 2.75) is 25.7 Å². The Morgan fingerprint density at radius 2 is 2.10 bits per heavy atom. The van der Waals surface area contributed by atoms with Crippen molar-refractivity contribution in [1.29, 1.82) is 0 Å². The van der Waals surface area contributed by atoms with Gasteiger partial charge in [-0.2, -0.15) is 0 Å². The number of rotatable bonds is 4. The fourth-order valence-corrected chi connectivity index (χ4v) is 2.53. The lowest BCUT2D eigenvalue weighted by molar-refractivity contribution is -0.142. The Bertz CT molecular complexity index is 532. The molecule has 0 unspecified atom stereocenters. The molecule has 6 nitrogen and oxygen atoms in total. The molecule has 1 aliphatic heterocycles. The van der Waals surface area contributed by atoms with Gasteiger partial charge < -0.3 is 15.2 Å². The maximum absolute atomic E-state index is 11.8. The third-order valence-electron chi connectivity index (χ3n) is 3.47. The molecule has 2 rings (SSSR count). The minimum Gasteiger partial charge on any atom is -0.465 e. The van der Waals surface area contributed by atoms with Crippen molar-refractivity contribution < 1.29 is 19.1 Å². The zero-order valence-corrected chi connectivity index (χ0v) is 12.2. The van der Waals surface area contributed by atoms with Crippen LogP contribution in [0.15, 0.2) is 24.3 Å². The summed E-state index contributed by atoms with van der Waals surface area (Å²) >= 11 is 0. The number of nitrogens with zero attached hydrogens (tertiary/aromatic N) is 1. The SMILES string of the molecule is COC(=O)c1ccccc1CN1C[C@@H](C)O[C@H](C(N)=O)C1. The lowest BCUT2D eigenvalue weighted by Crippen LogP contribution is -2.51. The maximum Gasteiger partial charge on any atom is 0.338 e. The van der Waals surface area contributed by atoms with Gasteiger partial charge in [0.15, 0.2) is 0 Å². The van der Waals surface area contributed by atoms with E-state index in [9.17, 15) is 9.59 Å². The number of methoxy groups -OCH3 is 1. The second-order valence-corrected chi connectivity index (χ2v) is 5.18. The van der Waals surface area contributed by atoms with E-state index < -0.39 is 12.0 Å². The molecule has 0 saturated carbocycles. The first-order valence-corrected chi connectivity index (χ1v) is 6.84. The Kier molecular flexibility index (Phi) is 4.93. The highest BCUT2D eigenvalue weighted by atomic mass is 16.5. The summed E-state index contributed by atoms with van der Waals surface area (Å²) in [6.07, 6.45) is -0.694. The van der Waals surface area contributed by atoms with E-state index in [0.29, 0.717) is 25.2 Å². The highest BCUT2D eigenvalue weighted by Gasteiger charge is 2.29. The number of hydrogen-bond acceptors (Lipinski definition) is 5. The van der Waals surface area contributed by atoms with E-state index in [1.807, 2.05) is 19.1 Å². The third kappa shape index (κ3) is 3.80. The summed E-state index contributed by atoms with van der Waals surface area (Å²) < 4.78 is 10.3. The topological polar surface area (TPSA) is 81.9 Å². The molecule has 2 N–H and O–H groups in total. The highest BCUT2D eigenvalue weighted by Crippen LogP contribution is 2.17. The van der Waals surface area contributed by atoms with E-state index in [4.69, 9.17) is 15.2 Å². The van der Waals surface area contributed by atoms with Crippen LogP contribution in [0.4, 0.5) is 0 Å². The molecular formula is C15H20N2O4. The van der Waals surface area contributed by atoms with E-state index in [0.717, 1.165) is 5.56 Å². The van der Waals surface area contributed by atoms with Crippen LogP contribution in [0.2, 0.25) is 0 Å². The lowest BCUT2D eigenvalue weighted by atomic mass is 10.1. The molecular weight excluding hydrogens is 272 g/mol. The molecule has 1 aliphatic rings. The molecule has 1 saturated heterocycles. The van der Waals surface area contributed by atoms with Crippen molar-refractivity contribution in [3.63, 3.8) is 0 Å². The number of morpholine rings is 1. The summed E-state index contributed by atoms with van der Waals surface area (Å²) in [6.45, 7) is 3.55. The number of hydrogen-bond donors (Lipinski definition) is 1. The Balaban J connectivity index is 2.14. The second kappa shape index (κ2) is 6.69. The molecule has 2 atom stereocenters. The number of ether oxygens (including phenoxy) is 2. The Hall–Kier alpha value is -1.92. The number of carbonyl (C=O) groups is 2. The molecule has 0 aromatic heterocycles. The molecule has 6 heteroatoms. The number of esters is 1. The average Bonchev–Trinajstić information content (AvgIpc) is 2.46. The predicted molar refractivity (Wildman–Crippen MR) is 76.6 cm³/mol. The van der Waals surface area contributed by atoms with Gasteiger partial charge in [-0.1, -0.05) is 18.2 Å². The maximum atomic E-state index is 11.8. The number of carbonyl (C=O) groups excluding carboxylic acids is 2. The van der Waals surface area contributed by atoms with Crippen molar-refractivity contribution in [3.05, 3.63) is 35.4 Å². The van der Waals surface area contributed by atoms with Gasteiger partial charge in [0.2, 0.25) is 5.91 Å². The largest absolute Gasteiger partial charge is 0.465 e. The van der Waals surface area contributed by atoms with E-state index in [2.05, 4.69) is 4.90 Å². The summed E-state index contributed by atoms with van der Waals surface area (Å²) in [6, 6.07) is 7.28. The van der Waals surface area contributed by atoms with Gasteiger partial charge in [0, 0.05) is 19.6 Å². The van der Waals surface area contributed by atoms with E-state index in [1.54, 1.807) is 12.1 Å². The normalized spacial score (nSPS) is 22.8. The van der Waals surface area contributed by atoms with Crippen molar-refractivity contribution in [2.24, 2.45) is 5.73 Å². The highest BCUT2D eigenvalue weighted by molar-refractivity contribution is 5.90. The fourth-order valence-electron chi connectivity index (χ4n) is 2.53. The smallest absolute Gasteiger partial charge is 0.338 e. The van der Waals surface area contributed by atoms with E-state index in [1.165, 1.54) is 7.11 Å². The van der Waals surface area contributed by atoms with Crippen LogP contribution < -0.4 is 5.73 Å². The predicted octanol–water partition coefficient (Wildman–Crippen LogP) is 0.548. The Labute approximate surface area is 123 Å². The van der Waals surface area contributed by atoms with Crippen LogP contribution in [-0.4, -0.2) is 49.2 Å². The zero-order chi connectivity index (χ0) is 15.4. The average molecular weight is 292 g/mol. The molecule has 1 aromatic carbocycles. The van der Waals surface area contributed by atoms with E-state index >= 15 is 0 Å². The van der Waals surface area contributed by atoms with Gasteiger partial charge >= 0.3 is 5.97 Å². The fraction of sp³-hybridized carbons (Fsp3) is 0.467. The molecule has 1 amide bonds. The molecule has 1 fully saturated rings. The van der Waals surface area contributed by atoms with Gasteiger partial charge in [0.05, 0.1) is 18.8 Å². The van der Waals surface area contributed by atoms with Gasteiger partial charge in [-0.25, -0.2) is 4.79 Å². The molecule has 0 radical (unpaired) electrons. The molecule has 114 valence electrons. The van der Waals surface area contributed by atoms with Crippen LogP contribution in [-0.2, 0) is 20.8 Å². The standard InChI is InChI=1S/C15H20N2O4/c1-10-7-17(9-13(21-10)14(16)18)8-11-5-3-4-6-12(11)15(19)20-2/h3-6,10,13H,7-9H2,1-2H3,(H2,16,18)/t10-,13+/m1/s1. The first kappa shape index (κ1) is 15.5. The third-order valence-corrected chi connectivity index (χ3v) is 3.47. The quantitative estimate of drug-likeness (QED) is 0.819. The lowest BCUT2D eigenvalue weighted by Gasteiger charge is -2.35. The monoisotopic (exact) mass is 292 g/mol. The van der Waals surface area contributed by atoms with Gasteiger partial charge in [0.1, 0.15) is 6.10 Å². The first-order chi connectivity index (χ1) is 10.0. The van der Waals surface area contributed by atoms with Crippen molar-refractivity contribution >= 4 is 11.9 Å². The van der Waals surface area contributed by atoms with Gasteiger partial charge in [-0.3, -0.25) is 9.69 Å². The van der Waals surface area contributed by atoms with Gasteiger partial charge in [0.25, 0.3) is 0 Å². The van der Waals surface area contributed by atoms with E-state index in [-0.39, 0.29) is 12.1 Å². The summed E-state index contributed by atoms with van der Waals surface area (Å²) in [5.74, 6) is -0.828. The molecule has 0 spiro atoms. The van der Waals surface area contributed by atoms with Crippen LogP contribution in [0.25, 0.3) is 0 Å². The van der Waals surface area contributed by atoms with Crippen LogP contribution >= 0.6 is 0 Å². The van der Waals surface area contributed by atoms with Gasteiger partial charge in [-0.05, 0) is 18.6 Å². The van der Waals surface area contributed by atoms with Gasteiger partial charge in [-0.15, -0.1) is 0 Å². The summed E-state index contributed by atoms with van der Waals surface area (Å²) in [5.41, 5.74) is 6.72. The molecule has 21 heavy (non-hydrogen) atoms. The summed E-state index contributed by atoms with van der Waals surface area (Å²) in [5, 5.41) is 0. The summed E-state index contributed by atoms with van der Waals surface area (Å²) in [4.78, 5) is 25.1. The van der Waals surface area contributed by atoms with Crippen molar-refractivity contribution in [2.75, 3.05) is 20.2 Å². The molecule has 1 heterocycles. The second-order valence-electron chi connectivity index (χ2n) is 5.18. The number of primary amides is 1. The van der Waals surface area contributed by atoms with Crippen LogP contribution in [0, 0.1) is 0 Å².